The summed E-state index contributed by atoms with van der Waals surface area (Å²) < 4.78 is 0. The molecular formula is C16H20N2O2. The first-order valence-electron chi connectivity index (χ1n) is 6.87. The third-order valence-electron chi connectivity index (χ3n) is 3.61. The van der Waals surface area contributed by atoms with Gasteiger partial charge in [-0.3, -0.25) is 0 Å². The van der Waals surface area contributed by atoms with Gasteiger partial charge in [-0.05, 0) is 18.1 Å². The number of carboxylic acid groups (broad SMARTS) is 1. The average molecular weight is 272 g/mol. The van der Waals surface area contributed by atoms with Gasteiger partial charge in [-0.15, -0.1) is 0 Å². The summed E-state index contributed by atoms with van der Waals surface area (Å²) in [5.41, 5.74) is 1.74. The van der Waals surface area contributed by atoms with Gasteiger partial charge in [-0.25, -0.2) is 9.78 Å². The Morgan fingerprint density at radius 2 is 2.10 bits per heavy atom. The van der Waals surface area contributed by atoms with E-state index in [0.29, 0.717) is 5.92 Å². The molecule has 1 heterocycles. The first kappa shape index (κ1) is 14.3. The molecule has 1 aromatic carbocycles. The predicted molar refractivity (Wildman–Crippen MR) is 81.4 cm³/mol. The molecule has 1 unspecified atom stereocenters. The molecule has 20 heavy (non-hydrogen) atoms. The van der Waals surface area contributed by atoms with E-state index in [9.17, 15) is 9.90 Å². The van der Waals surface area contributed by atoms with Crippen LogP contribution in [0.1, 0.15) is 30.8 Å². The first-order valence-corrected chi connectivity index (χ1v) is 6.87. The van der Waals surface area contributed by atoms with Crippen LogP contribution in [0.4, 0.5) is 5.69 Å². The predicted octanol–water partition coefficient (Wildman–Crippen LogP) is 3.42. The number of anilines is 1. The van der Waals surface area contributed by atoms with E-state index < -0.39 is 5.97 Å². The van der Waals surface area contributed by atoms with Crippen LogP contribution in [0, 0.1) is 5.92 Å². The summed E-state index contributed by atoms with van der Waals surface area (Å²) in [6.45, 7) is 5.24. The smallest absolute Gasteiger partial charge is 0.354 e. The zero-order valence-electron chi connectivity index (χ0n) is 12.1. The van der Waals surface area contributed by atoms with Gasteiger partial charge in [0.2, 0.25) is 0 Å². The van der Waals surface area contributed by atoms with E-state index in [2.05, 4.69) is 23.7 Å². The molecule has 0 amide bonds. The second-order valence-electron chi connectivity index (χ2n) is 5.24. The minimum Gasteiger partial charge on any atom is -0.477 e. The highest BCUT2D eigenvalue weighted by molar-refractivity contribution is 5.97. The van der Waals surface area contributed by atoms with E-state index in [0.717, 1.165) is 29.6 Å². The molecule has 0 bridgehead atoms. The molecule has 1 aromatic heterocycles. The summed E-state index contributed by atoms with van der Waals surface area (Å²) in [6, 6.07) is 9.32. The van der Waals surface area contributed by atoms with Crippen molar-refractivity contribution in [3.63, 3.8) is 0 Å². The number of rotatable bonds is 5. The average Bonchev–Trinajstić information content (AvgIpc) is 2.45. The first-order chi connectivity index (χ1) is 9.52. The van der Waals surface area contributed by atoms with E-state index in [-0.39, 0.29) is 5.69 Å². The number of pyridine rings is 1. The van der Waals surface area contributed by atoms with Gasteiger partial charge in [-0.2, -0.15) is 0 Å². The van der Waals surface area contributed by atoms with Crippen molar-refractivity contribution in [2.24, 2.45) is 5.92 Å². The van der Waals surface area contributed by atoms with Gasteiger partial charge in [0.15, 0.2) is 5.69 Å². The zero-order chi connectivity index (χ0) is 14.7. The van der Waals surface area contributed by atoms with Gasteiger partial charge < -0.3 is 10.0 Å². The van der Waals surface area contributed by atoms with Gasteiger partial charge in [0.1, 0.15) is 0 Å². The Balaban J connectivity index is 2.52. The molecular weight excluding hydrogens is 252 g/mol. The maximum Gasteiger partial charge on any atom is 0.354 e. The fourth-order valence-electron chi connectivity index (χ4n) is 2.28. The number of hydrogen-bond donors (Lipinski definition) is 1. The Morgan fingerprint density at radius 1 is 1.40 bits per heavy atom. The molecule has 106 valence electrons. The molecule has 0 aliphatic rings. The van der Waals surface area contributed by atoms with Crippen LogP contribution in [0.2, 0.25) is 0 Å². The number of nitrogens with zero attached hydrogens (tertiary/aromatic N) is 2. The van der Waals surface area contributed by atoms with Crippen LogP contribution in [0.15, 0.2) is 30.3 Å². The minimum absolute atomic E-state index is 0.0923. The Kier molecular flexibility index (Phi) is 4.23. The van der Waals surface area contributed by atoms with Crippen molar-refractivity contribution >= 4 is 22.6 Å². The van der Waals surface area contributed by atoms with E-state index >= 15 is 0 Å². The third kappa shape index (κ3) is 2.90. The summed E-state index contributed by atoms with van der Waals surface area (Å²) in [5.74, 6) is -0.436. The molecule has 0 aliphatic heterocycles. The van der Waals surface area contributed by atoms with Crippen LogP contribution in [0.25, 0.3) is 10.9 Å². The number of aromatic nitrogens is 1. The standard InChI is InChI=1S/C16H20N2O2/c1-4-11(2)10-18(3)15-9-14(16(19)20)17-13-8-6-5-7-12(13)15/h5-9,11H,4,10H2,1-3H3,(H,19,20). The summed E-state index contributed by atoms with van der Waals surface area (Å²) in [7, 11) is 2.00. The van der Waals surface area contributed by atoms with E-state index in [4.69, 9.17) is 0 Å². The summed E-state index contributed by atoms with van der Waals surface area (Å²) in [6.07, 6.45) is 1.10. The molecule has 1 N–H and O–H groups in total. The van der Waals surface area contributed by atoms with Gasteiger partial charge >= 0.3 is 5.97 Å². The number of hydrogen-bond acceptors (Lipinski definition) is 3. The fraction of sp³-hybridized carbons (Fsp3) is 0.375. The second-order valence-corrected chi connectivity index (χ2v) is 5.24. The highest BCUT2D eigenvalue weighted by atomic mass is 16.4. The van der Waals surface area contributed by atoms with Crippen molar-refractivity contribution in [1.29, 1.82) is 0 Å². The number of carbonyl (C=O) groups is 1. The van der Waals surface area contributed by atoms with Crippen LogP contribution in [0.3, 0.4) is 0 Å². The lowest BCUT2D eigenvalue weighted by Gasteiger charge is -2.24. The lowest BCUT2D eigenvalue weighted by atomic mass is 10.1. The maximum atomic E-state index is 11.2. The molecule has 4 nitrogen and oxygen atoms in total. The largest absolute Gasteiger partial charge is 0.477 e. The van der Waals surface area contributed by atoms with Crippen molar-refractivity contribution in [3.05, 3.63) is 36.0 Å². The van der Waals surface area contributed by atoms with Gasteiger partial charge in [0.05, 0.1) is 5.52 Å². The molecule has 0 fully saturated rings. The quantitative estimate of drug-likeness (QED) is 0.906. The van der Waals surface area contributed by atoms with E-state index in [1.807, 2.05) is 31.3 Å². The molecule has 2 rings (SSSR count). The number of para-hydroxylation sites is 1. The highest BCUT2D eigenvalue weighted by Crippen LogP contribution is 2.26. The Bertz CT molecular complexity index is 625. The fourth-order valence-corrected chi connectivity index (χ4v) is 2.28. The molecule has 4 heteroatoms. The van der Waals surface area contributed by atoms with Crippen LogP contribution < -0.4 is 4.90 Å². The Labute approximate surface area is 119 Å². The summed E-state index contributed by atoms with van der Waals surface area (Å²) in [4.78, 5) is 17.5. The molecule has 0 aliphatic carbocycles. The van der Waals surface area contributed by atoms with Gasteiger partial charge in [0.25, 0.3) is 0 Å². The van der Waals surface area contributed by atoms with Crippen LogP contribution >= 0.6 is 0 Å². The lowest BCUT2D eigenvalue weighted by Crippen LogP contribution is -2.24. The van der Waals surface area contributed by atoms with Crippen molar-refractivity contribution in [2.75, 3.05) is 18.5 Å². The number of carboxylic acids is 1. The summed E-state index contributed by atoms with van der Waals surface area (Å²) >= 11 is 0. The van der Waals surface area contributed by atoms with Gasteiger partial charge in [0, 0.05) is 24.7 Å². The van der Waals surface area contributed by atoms with E-state index in [1.54, 1.807) is 6.07 Å². The van der Waals surface area contributed by atoms with Crippen molar-refractivity contribution < 1.29 is 9.90 Å². The topological polar surface area (TPSA) is 53.4 Å². The maximum absolute atomic E-state index is 11.2. The molecule has 0 spiro atoms. The number of fused-ring (bicyclic) bond motifs is 1. The second kappa shape index (κ2) is 5.90. The number of aromatic carboxylic acids is 1. The normalized spacial score (nSPS) is 12.3. The highest BCUT2D eigenvalue weighted by Gasteiger charge is 2.14. The Hall–Kier alpha value is -2.10. The molecule has 0 radical (unpaired) electrons. The zero-order valence-corrected chi connectivity index (χ0v) is 12.1. The minimum atomic E-state index is -0.992. The third-order valence-corrected chi connectivity index (χ3v) is 3.61. The van der Waals surface area contributed by atoms with Crippen LogP contribution in [-0.2, 0) is 0 Å². The van der Waals surface area contributed by atoms with Crippen molar-refractivity contribution in [1.82, 2.24) is 4.98 Å². The SMILES string of the molecule is CCC(C)CN(C)c1cc(C(=O)O)nc2ccccc12. The molecule has 0 saturated heterocycles. The monoisotopic (exact) mass is 272 g/mol. The molecule has 2 aromatic rings. The Morgan fingerprint density at radius 3 is 2.75 bits per heavy atom. The lowest BCUT2D eigenvalue weighted by molar-refractivity contribution is 0.0691. The van der Waals surface area contributed by atoms with Crippen molar-refractivity contribution in [2.45, 2.75) is 20.3 Å². The number of benzene rings is 1. The van der Waals surface area contributed by atoms with Crippen molar-refractivity contribution in [3.8, 4) is 0 Å². The summed E-state index contributed by atoms with van der Waals surface area (Å²) in [5, 5.41) is 10.2. The van der Waals surface area contributed by atoms with Crippen LogP contribution in [0.5, 0.6) is 0 Å². The van der Waals surface area contributed by atoms with Gasteiger partial charge in [-0.1, -0.05) is 38.5 Å². The van der Waals surface area contributed by atoms with E-state index in [1.165, 1.54) is 0 Å². The molecule has 0 saturated carbocycles. The molecule has 1 atom stereocenters. The van der Waals surface area contributed by atoms with Crippen LogP contribution in [-0.4, -0.2) is 29.7 Å².